The fourth-order valence-electron chi connectivity index (χ4n) is 7.09. The van der Waals surface area contributed by atoms with E-state index in [0.717, 1.165) is 23.6 Å². The van der Waals surface area contributed by atoms with Crippen LogP contribution in [-0.2, 0) is 29.4 Å². The topological polar surface area (TPSA) is 177 Å². The van der Waals surface area contributed by atoms with Crippen LogP contribution in [0.3, 0.4) is 0 Å². The van der Waals surface area contributed by atoms with Gasteiger partial charge >= 0.3 is 6.03 Å². The van der Waals surface area contributed by atoms with Gasteiger partial charge in [0.15, 0.2) is 0 Å². The van der Waals surface area contributed by atoms with Crippen LogP contribution >= 0.6 is 0 Å². The highest BCUT2D eigenvalue weighted by molar-refractivity contribution is 7.86. The zero-order chi connectivity index (χ0) is 38.1. The monoisotopic (exact) mass is 723 g/mol. The van der Waals surface area contributed by atoms with Crippen molar-refractivity contribution in [3.63, 3.8) is 0 Å². The number of fused-ring (bicyclic) bond motifs is 1. The van der Waals surface area contributed by atoms with Crippen molar-refractivity contribution in [2.24, 2.45) is 34.0 Å². The van der Waals surface area contributed by atoms with Crippen LogP contribution in [-0.4, -0.2) is 116 Å². The third kappa shape index (κ3) is 9.24. The number of Topliss-reactive ketones (excluding diaryl/α,β-unsaturated/α-hetero) is 1. The molecule has 3 rings (SSSR count). The van der Waals surface area contributed by atoms with E-state index in [1.807, 2.05) is 41.5 Å². The number of amides is 5. The Kier molecular flexibility index (Phi) is 12.7. The van der Waals surface area contributed by atoms with Gasteiger partial charge in [0.25, 0.3) is 16.1 Å². The third-order valence-electron chi connectivity index (χ3n) is 10.9. The summed E-state index contributed by atoms with van der Waals surface area (Å²) in [5.41, 5.74) is -1.53. The van der Waals surface area contributed by atoms with Crippen LogP contribution in [0, 0.1) is 34.0 Å². The van der Waals surface area contributed by atoms with Crippen molar-refractivity contribution < 1.29 is 32.4 Å². The Labute approximate surface area is 299 Å². The maximum absolute atomic E-state index is 14.4. The number of nitrogens with zero attached hydrogens (tertiary/aromatic N) is 3. The van der Waals surface area contributed by atoms with Crippen LogP contribution < -0.4 is 21.3 Å². The largest absolute Gasteiger partial charge is 0.346 e. The lowest BCUT2D eigenvalue weighted by molar-refractivity contribution is -0.145. The first-order valence-corrected chi connectivity index (χ1v) is 19.0. The molecule has 14 nitrogen and oxygen atoms in total. The van der Waals surface area contributed by atoms with E-state index in [-0.39, 0.29) is 36.3 Å². The number of nitrogens with one attached hydrogen (secondary N) is 4. The highest BCUT2D eigenvalue weighted by atomic mass is 32.2. The van der Waals surface area contributed by atoms with Crippen molar-refractivity contribution >= 4 is 39.7 Å². The molecule has 0 aromatic heterocycles. The van der Waals surface area contributed by atoms with Gasteiger partial charge in [0, 0.05) is 46.8 Å². The smallest absolute Gasteiger partial charge is 0.315 e. The zero-order valence-electron chi connectivity index (χ0n) is 31.9. The number of urea groups is 1. The lowest BCUT2D eigenvalue weighted by Gasteiger charge is -2.39. The molecule has 0 spiro atoms. The summed E-state index contributed by atoms with van der Waals surface area (Å²) in [4.78, 5) is 69.6. The second-order valence-electron chi connectivity index (χ2n) is 17.3. The van der Waals surface area contributed by atoms with Crippen LogP contribution in [0.15, 0.2) is 12.7 Å². The van der Waals surface area contributed by atoms with Crippen LogP contribution in [0.5, 0.6) is 0 Å². The molecule has 1 aliphatic heterocycles. The predicted molar refractivity (Wildman–Crippen MR) is 192 cm³/mol. The Morgan fingerprint density at radius 1 is 0.960 bits per heavy atom. The van der Waals surface area contributed by atoms with Gasteiger partial charge in [-0.3, -0.25) is 19.2 Å². The number of piperidine rings is 1. The van der Waals surface area contributed by atoms with Crippen molar-refractivity contribution in [2.45, 2.75) is 105 Å². The maximum Gasteiger partial charge on any atom is 0.315 e. The first-order valence-electron chi connectivity index (χ1n) is 17.6. The fourth-order valence-corrected chi connectivity index (χ4v) is 7.98. The van der Waals surface area contributed by atoms with Gasteiger partial charge in [-0.25, -0.2) is 4.79 Å². The molecule has 5 unspecified atom stereocenters. The predicted octanol–water partition coefficient (Wildman–Crippen LogP) is 1.88. The summed E-state index contributed by atoms with van der Waals surface area (Å²) in [6, 6.07) is -4.22. The summed E-state index contributed by atoms with van der Waals surface area (Å²) in [6.45, 7) is 19.2. The molecule has 0 bridgehead atoms. The number of carbonyl (C=O) groups excluding carboxylic acids is 5. The molecular formula is C35H61N7O7S. The zero-order valence-corrected chi connectivity index (χ0v) is 32.7. The normalized spacial score (nSPS) is 23.6. The van der Waals surface area contributed by atoms with Crippen molar-refractivity contribution in [3.8, 4) is 0 Å². The first kappa shape index (κ1) is 41.4. The minimum absolute atomic E-state index is 0.00919. The van der Waals surface area contributed by atoms with Gasteiger partial charge in [-0.1, -0.05) is 80.7 Å². The molecule has 3 fully saturated rings. The molecule has 5 amide bonds. The Morgan fingerprint density at radius 2 is 1.56 bits per heavy atom. The second kappa shape index (κ2) is 15.3. The number of hydrogen-bond acceptors (Lipinski definition) is 7. The van der Waals surface area contributed by atoms with Crippen molar-refractivity contribution in [1.29, 1.82) is 0 Å². The molecule has 1 saturated heterocycles. The maximum atomic E-state index is 14.4. The van der Waals surface area contributed by atoms with Gasteiger partial charge in [0.2, 0.25) is 17.6 Å². The van der Waals surface area contributed by atoms with Crippen LogP contribution in [0.2, 0.25) is 0 Å². The summed E-state index contributed by atoms with van der Waals surface area (Å²) in [6.07, 6.45) is 4.68. The van der Waals surface area contributed by atoms with E-state index in [0.29, 0.717) is 13.0 Å². The highest BCUT2D eigenvalue weighted by Gasteiger charge is 2.70. The summed E-state index contributed by atoms with van der Waals surface area (Å²) in [7, 11) is 0.565. The van der Waals surface area contributed by atoms with E-state index >= 15 is 0 Å². The summed E-state index contributed by atoms with van der Waals surface area (Å²) in [5, 5.41) is 11.1. The highest BCUT2D eigenvalue weighted by Crippen LogP contribution is 2.65. The quantitative estimate of drug-likeness (QED) is 0.147. The molecule has 1 heterocycles. The molecule has 2 saturated carbocycles. The lowest BCUT2D eigenvalue weighted by atomic mass is 9.80. The Hall–Kier alpha value is -3.04. The molecule has 3 aliphatic rings. The van der Waals surface area contributed by atoms with E-state index in [1.54, 1.807) is 0 Å². The number of rotatable bonds is 15. The first-order chi connectivity index (χ1) is 22.8. The molecule has 15 heteroatoms. The van der Waals surface area contributed by atoms with Crippen LogP contribution in [0.4, 0.5) is 4.79 Å². The fraction of sp³-hybridized carbons (Fsp3) is 0.800. The molecule has 4 N–H and O–H groups in total. The molecule has 0 aromatic rings. The number of likely N-dealkylation sites (tertiary alicyclic amines) is 1. The van der Waals surface area contributed by atoms with E-state index < -0.39 is 74.7 Å². The number of ketones is 1. The van der Waals surface area contributed by atoms with Crippen LogP contribution in [0.1, 0.15) is 81.1 Å². The average molecular weight is 724 g/mol. The van der Waals surface area contributed by atoms with Gasteiger partial charge in [0.1, 0.15) is 12.1 Å². The number of carbonyl (C=O) groups is 5. The summed E-state index contributed by atoms with van der Waals surface area (Å²) in [5.74, 6) is -2.32. The van der Waals surface area contributed by atoms with Crippen molar-refractivity contribution in [1.82, 2.24) is 34.8 Å². The van der Waals surface area contributed by atoms with E-state index in [2.05, 4.69) is 41.7 Å². The molecular weight excluding hydrogens is 662 g/mol. The van der Waals surface area contributed by atoms with Gasteiger partial charge in [0.05, 0.1) is 6.04 Å². The van der Waals surface area contributed by atoms with E-state index in [4.69, 9.17) is 0 Å². The summed E-state index contributed by atoms with van der Waals surface area (Å²) < 4.78 is 27.7. The Balaban J connectivity index is 1.84. The van der Waals surface area contributed by atoms with Crippen LogP contribution in [0.25, 0.3) is 0 Å². The minimum Gasteiger partial charge on any atom is -0.346 e. The van der Waals surface area contributed by atoms with Gasteiger partial charge in [-0.05, 0) is 40.4 Å². The van der Waals surface area contributed by atoms with Crippen molar-refractivity contribution in [3.05, 3.63) is 12.7 Å². The SMILES string of the molecule is C=CCNC(=O)C(=O)C(CC1CCC1)NC(=O)C1C2C(CN1C(=O)C(NC(=O)N[C@H](CN(C)S(=O)(=O)N(C)C)C(C)(C)C)C(C)(C)C)C2(C)C. The standard InChI is InChI=1S/C35H61N7O7S/c1-13-17-36-30(45)27(43)23(18-21-15-14-16-21)37-29(44)26-25-22(35(25,8)9)19-42(26)31(46)28(34(5,6)7)39-32(47)38-24(33(2,3)4)20-41(12)50(48,49)40(10)11/h13,21-26,28H,1,14-20H2,2-12H3,(H,36,45)(H,37,44)(H2,38,39,47)/t22?,23?,24-,25?,26?,28?/m1/s1. The Bertz CT molecular complexity index is 1430. The van der Waals surface area contributed by atoms with E-state index in [9.17, 15) is 32.4 Å². The molecule has 284 valence electrons. The molecule has 50 heavy (non-hydrogen) atoms. The van der Waals surface area contributed by atoms with Crippen molar-refractivity contribution in [2.75, 3.05) is 40.8 Å². The number of hydrogen-bond donors (Lipinski definition) is 4. The number of likely N-dealkylation sites (N-methyl/N-ethyl adjacent to an activating group) is 1. The molecule has 6 atom stereocenters. The second-order valence-corrected chi connectivity index (χ2v) is 19.5. The third-order valence-corrected chi connectivity index (χ3v) is 12.7. The minimum atomic E-state index is -3.74. The van der Waals surface area contributed by atoms with Gasteiger partial charge in [-0.15, -0.1) is 6.58 Å². The van der Waals surface area contributed by atoms with Gasteiger partial charge in [-0.2, -0.15) is 17.0 Å². The molecule has 0 radical (unpaired) electrons. The Morgan fingerprint density at radius 3 is 2.04 bits per heavy atom. The summed E-state index contributed by atoms with van der Waals surface area (Å²) >= 11 is 0. The lowest BCUT2D eigenvalue weighted by Crippen LogP contribution is -2.63. The average Bonchev–Trinajstić information content (AvgIpc) is 3.29. The molecule has 0 aromatic carbocycles. The van der Waals surface area contributed by atoms with Gasteiger partial charge < -0.3 is 26.2 Å². The molecule has 2 aliphatic carbocycles. The van der Waals surface area contributed by atoms with E-state index in [1.165, 1.54) is 36.4 Å².